The average Bonchev–Trinajstić information content (AvgIpc) is 3.50. The smallest absolute Gasteiger partial charge is 0.302 e. The van der Waals surface area contributed by atoms with Crippen LogP contribution in [0.3, 0.4) is 0 Å². The van der Waals surface area contributed by atoms with Gasteiger partial charge in [0, 0.05) is 24.4 Å². The first kappa shape index (κ1) is 35.0. The quantitative estimate of drug-likeness (QED) is 0.287. The average molecular weight is 710 g/mol. The number of amides is 1. The summed E-state index contributed by atoms with van der Waals surface area (Å²) >= 11 is 0. The number of ether oxygens (including phenoxy) is 1. The van der Waals surface area contributed by atoms with Crippen LogP contribution in [0.5, 0.6) is 0 Å². The van der Waals surface area contributed by atoms with Gasteiger partial charge in [0.15, 0.2) is 0 Å². The van der Waals surface area contributed by atoms with Crippen LogP contribution in [0.15, 0.2) is 34.9 Å². The molecule has 7 fully saturated rings. The molecule has 282 valence electrons. The van der Waals surface area contributed by atoms with Gasteiger partial charge in [-0.3, -0.25) is 9.59 Å². The monoisotopic (exact) mass is 709 g/mol. The van der Waals surface area contributed by atoms with E-state index in [2.05, 4.69) is 51.6 Å². The minimum atomic E-state index is -0.292. The Kier molecular flexibility index (Phi) is 7.85. The molecule has 1 saturated heterocycles. The van der Waals surface area contributed by atoms with E-state index >= 15 is 4.79 Å². The topological polar surface area (TPSA) is 85.5 Å². The zero-order valence-electron chi connectivity index (χ0n) is 33.0. The van der Waals surface area contributed by atoms with Gasteiger partial charge in [-0.15, -0.1) is 0 Å². The second-order valence-corrected chi connectivity index (χ2v) is 20.6. The van der Waals surface area contributed by atoms with Gasteiger partial charge in [0.2, 0.25) is 17.6 Å². The molecule has 6 aliphatic carbocycles. The van der Waals surface area contributed by atoms with E-state index in [0.717, 1.165) is 57.1 Å². The summed E-state index contributed by atoms with van der Waals surface area (Å²) in [5.74, 6) is 4.30. The van der Waals surface area contributed by atoms with Crippen molar-refractivity contribution in [2.24, 2.45) is 62.1 Å². The minimum absolute atomic E-state index is 0.00528. The van der Waals surface area contributed by atoms with Crippen LogP contribution < -0.4 is 0 Å². The van der Waals surface area contributed by atoms with E-state index in [4.69, 9.17) is 14.2 Å². The normalized spacial score (nSPS) is 44.2. The highest BCUT2D eigenvalue weighted by atomic mass is 16.5. The summed E-state index contributed by atoms with van der Waals surface area (Å²) in [6, 6.07) is 9.90. The Morgan fingerprint density at radius 1 is 0.788 bits per heavy atom. The first-order valence-corrected chi connectivity index (χ1v) is 21.1. The number of esters is 1. The highest BCUT2D eigenvalue weighted by molar-refractivity contribution is 5.84. The van der Waals surface area contributed by atoms with Crippen LogP contribution in [0.2, 0.25) is 0 Å². The van der Waals surface area contributed by atoms with E-state index < -0.39 is 0 Å². The Hall–Kier alpha value is -2.70. The molecule has 9 rings (SSSR count). The zero-order chi connectivity index (χ0) is 36.5. The number of rotatable bonds is 5. The van der Waals surface area contributed by atoms with Crippen molar-refractivity contribution in [1.82, 2.24) is 15.0 Å². The van der Waals surface area contributed by atoms with Crippen LogP contribution in [-0.4, -0.2) is 39.6 Å². The van der Waals surface area contributed by atoms with Crippen LogP contribution in [0.1, 0.15) is 150 Å². The van der Waals surface area contributed by atoms with E-state index in [9.17, 15) is 4.79 Å². The maximum Gasteiger partial charge on any atom is 0.302 e. The molecule has 7 nitrogen and oxygen atoms in total. The van der Waals surface area contributed by atoms with E-state index in [1.165, 1.54) is 44.9 Å². The zero-order valence-corrected chi connectivity index (χ0v) is 33.0. The molecule has 1 aromatic carbocycles. The molecular weight excluding hydrogens is 647 g/mol. The predicted molar refractivity (Wildman–Crippen MR) is 200 cm³/mol. The van der Waals surface area contributed by atoms with Crippen LogP contribution in [-0.2, 0) is 14.3 Å². The standard InChI is InChI=1S/C45H63N3O4/c1-28(49)51-35-19-20-42(5)33(40(35,2)3)18-21-44(7)34(42)16-15-31-36-30(41(4)23-24-41)17-22-45(36,26-25-43(31,44)6)39(50)48-27-11-14-32(48)38-46-37(47-52-38)29-12-9-8-10-13-29/h8-10,12-13,30-36H,11,14-27H2,1-7H3/t30?,31-,32-,33?,34?,35+,36-,42+,43-,44-,45+/m1/s1. The van der Waals surface area contributed by atoms with Crippen molar-refractivity contribution in [3.63, 3.8) is 0 Å². The number of likely N-dealkylation sites (tertiary alicyclic amines) is 1. The summed E-state index contributed by atoms with van der Waals surface area (Å²) in [5.41, 5.74) is 1.66. The van der Waals surface area contributed by atoms with Gasteiger partial charge < -0.3 is 14.2 Å². The summed E-state index contributed by atoms with van der Waals surface area (Å²) in [7, 11) is 0. The van der Waals surface area contributed by atoms with Gasteiger partial charge in [0.25, 0.3) is 0 Å². The number of hydrogen-bond acceptors (Lipinski definition) is 6. The molecule has 1 amide bonds. The summed E-state index contributed by atoms with van der Waals surface area (Å²) < 4.78 is 12.0. The number of fused-ring (bicyclic) bond motifs is 7. The van der Waals surface area contributed by atoms with Crippen molar-refractivity contribution in [3.8, 4) is 11.4 Å². The SMILES string of the molecule is CC(=O)O[C@H]1CC[C@@]2(C)C(CC[C@]3(C)C2CC[C@@H]2[C@H]4C(C5(C)CC5)CC[C@]4(C(=O)N4CCC[C@@H]4c4nc(-c5ccccc5)no4)CC[C@]23C)C1(C)C. The van der Waals surface area contributed by atoms with Crippen LogP contribution in [0.4, 0.5) is 0 Å². The molecule has 7 aliphatic rings. The van der Waals surface area contributed by atoms with E-state index in [1.54, 1.807) is 6.92 Å². The van der Waals surface area contributed by atoms with Crippen LogP contribution in [0.25, 0.3) is 11.4 Å². The molecule has 52 heavy (non-hydrogen) atoms. The number of nitrogens with zero attached hydrogens (tertiary/aromatic N) is 3. The summed E-state index contributed by atoms with van der Waals surface area (Å²) in [6.07, 6.45) is 16.0. The minimum Gasteiger partial charge on any atom is -0.462 e. The van der Waals surface area contributed by atoms with Crippen molar-refractivity contribution in [2.45, 2.75) is 151 Å². The second kappa shape index (κ2) is 11.7. The lowest BCUT2D eigenvalue weighted by Crippen LogP contribution is -2.67. The number of benzene rings is 1. The predicted octanol–water partition coefficient (Wildman–Crippen LogP) is 10.2. The first-order chi connectivity index (χ1) is 24.7. The van der Waals surface area contributed by atoms with E-state index in [1.807, 2.05) is 30.3 Å². The van der Waals surface area contributed by atoms with Crippen LogP contribution >= 0.6 is 0 Å². The maximum atomic E-state index is 15.5. The van der Waals surface area contributed by atoms with Gasteiger partial charge in [0.05, 0.1) is 5.41 Å². The summed E-state index contributed by atoms with van der Waals surface area (Å²) in [6.45, 7) is 17.7. The highest BCUT2D eigenvalue weighted by Gasteiger charge is 2.74. The fourth-order valence-corrected chi connectivity index (χ4v) is 15.3. The molecule has 6 saturated carbocycles. The number of hydrogen-bond donors (Lipinski definition) is 0. The van der Waals surface area contributed by atoms with Crippen molar-refractivity contribution in [1.29, 1.82) is 0 Å². The van der Waals surface area contributed by atoms with Gasteiger partial charge in [-0.1, -0.05) is 77.0 Å². The third kappa shape index (κ3) is 4.74. The lowest BCUT2D eigenvalue weighted by Gasteiger charge is -2.73. The molecule has 0 N–H and O–H groups in total. The Balaban J connectivity index is 1.04. The van der Waals surface area contributed by atoms with Crippen molar-refractivity contribution in [3.05, 3.63) is 36.2 Å². The number of aromatic nitrogens is 2. The van der Waals surface area contributed by atoms with Gasteiger partial charge in [-0.2, -0.15) is 4.98 Å². The second-order valence-electron chi connectivity index (χ2n) is 20.6. The molecule has 7 heteroatoms. The summed E-state index contributed by atoms with van der Waals surface area (Å²) in [5, 5.41) is 4.38. The maximum absolute atomic E-state index is 15.5. The number of carbonyl (C=O) groups is 2. The van der Waals surface area contributed by atoms with Gasteiger partial charge in [0.1, 0.15) is 12.1 Å². The molecule has 1 aliphatic heterocycles. The fraction of sp³-hybridized carbons (Fsp3) is 0.778. The van der Waals surface area contributed by atoms with Crippen LogP contribution in [0, 0.1) is 62.1 Å². The molecule has 0 bridgehead atoms. The van der Waals surface area contributed by atoms with Crippen molar-refractivity contribution in [2.75, 3.05) is 6.54 Å². The largest absolute Gasteiger partial charge is 0.462 e. The Morgan fingerprint density at radius 2 is 1.56 bits per heavy atom. The third-order valence-electron chi connectivity index (χ3n) is 18.3. The Morgan fingerprint density at radius 3 is 2.29 bits per heavy atom. The van der Waals surface area contributed by atoms with Gasteiger partial charge in [-0.25, -0.2) is 0 Å². The molecule has 2 heterocycles. The van der Waals surface area contributed by atoms with Crippen molar-refractivity contribution >= 4 is 11.9 Å². The third-order valence-corrected chi connectivity index (χ3v) is 18.3. The highest BCUT2D eigenvalue weighted by Crippen LogP contribution is 2.79. The lowest BCUT2D eigenvalue weighted by molar-refractivity contribution is -0.251. The molecule has 0 radical (unpaired) electrons. The molecule has 1 aromatic heterocycles. The van der Waals surface area contributed by atoms with Gasteiger partial charge >= 0.3 is 5.97 Å². The lowest BCUT2D eigenvalue weighted by atomic mass is 9.32. The molecule has 11 atom stereocenters. The fourth-order valence-electron chi connectivity index (χ4n) is 15.3. The Labute approximate surface area is 311 Å². The van der Waals surface area contributed by atoms with E-state index in [0.29, 0.717) is 52.6 Å². The molecular formula is C45H63N3O4. The van der Waals surface area contributed by atoms with Gasteiger partial charge in [-0.05, 0) is 141 Å². The van der Waals surface area contributed by atoms with Crippen molar-refractivity contribution < 1.29 is 18.8 Å². The first-order valence-electron chi connectivity index (χ1n) is 21.1. The van der Waals surface area contributed by atoms with E-state index in [-0.39, 0.29) is 45.2 Å². The molecule has 0 spiro atoms. The summed E-state index contributed by atoms with van der Waals surface area (Å²) in [4.78, 5) is 34.8. The number of carbonyl (C=O) groups excluding carboxylic acids is 2. The Bertz CT molecular complexity index is 1730. The molecule has 2 aromatic rings. The molecule has 3 unspecified atom stereocenters.